The first-order chi connectivity index (χ1) is 7.34. The third kappa shape index (κ3) is 3.16. The second-order valence-corrected chi connectivity index (χ2v) is 3.94. The Morgan fingerprint density at radius 3 is 2.50 bits per heavy atom. The molecule has 0 aliphatic carbocycles. The third-order valence-corrected chi connectivity index (χ3v) is 2.79. The van der Waals surface area contributed by atoms with Crippen LogP contribution in [0, 0.1) is 0 Å². The zero-order valence-electron chi connectivity index (χ0n) is 8.34. The van der Waals surface area contributed by atoms with E-state index in [1.807, 2.05) is 0 Å². The molecule has 0 heterocycles. The van der Waals surface area contributed by atoms with E-state index in [-0.39, 0.29) is 5.56 Å². The zero-order chi connectivity index (χ0) is 12.3. The smallest absolute Gasteiger partial charge is 0.416 e. The van der Waals surface area contributed by atoms with Crippen LogP contribution < -0.4 is 0 Å². The van der Waals surface area contributed by atoms with Crippen LogP contribution >= 0.6 is 11.8 Å². The van der Waals surface area contributed by atoms with Gasteiger partial charge in [0.05, 0.1) is 12.0 Å². The number of aliphatic carboxylic acids is 1. The van der Waals surface area contributed by atoms with Gasteiger partial charge in [0.15, 0.2) is 0 Å². The minimum atomic E-state index is -4.44. The third-order valence-electron chi connectivity index (χ3n) is 1.95. The van der Waals surface area contributed by atoms with Crippen molar-refractivity contribution in [2.75, 3.05) is 6.26 Å². The molecule has 0 aliphatic heterocycles. The number of alkyl halides is 3. The molecule has 1 rings (SSSR count). The molecule has 0 atom stereocenters. The molecule has 1 aromatic rings. The van der Waals surface area contributed by atoms with Crippen molar-refractivity contribution in [3.63, 3.8) is 0 Å². The van der Waals surface area contributed by atoms with Gasteiger partial charge in [0, 0.05) is 4.90 Å². The van der Waals surface area contributed by atoms with E-state index in [2.05, 4.69) is 0 Å². The van der Waals surface area contributed by atoms with Crippen molar-refractivity contribution in [1.82, 2.24) is 0 Å². The molecule has 88 valence electrons. The predicted octanol–water partition coefficient (Wildman–Crippen LogP) is 3.05. The molecule has 0 spiro atoms. The van der Waals surface area contributed by atoms with Crippen molar-refractivity contribution in [3.8, 4) is 0 Å². The molecule has 0 aliphatic rings. The van der Waals surface area contributed by atoms with Crippen molar-refractivity contribution in [2.45, 2.75) is 17.5 Å². The summed E-state index contributed by atoms with van der Waals surface area (Å²) < 4.78 is 37.2. The lowest BCUT2D eigenvalue weighted by Crippen LogP contribution is -2.08. The first-order valence-electron chi connectivity index (χ1n) is 4.30. The quantitative estimate of drug-likeness (QED) is 0.838. The highest BCUT2D eigenvalue weighted by atomic mass is 32.2. The lowest BCUT2D eigenvalue weighted by atomic mass is 10.1. The summed E-state index contributed by atoms with van der Waals surface area (Å²) in [5, 5.41) is 8.59. The van der Waals surface area contributed by atoms with Crippen LogP contribution in [-0.2, 0) is 17.4 Å². The number of hydrogen-bond donors (Lipinski definition) is 1. The van der Waals surface area contributed by atoms with Gasteiger partial charge in [0.1, 0.15) is 0 Å². The number of hydrogen-bond acceptors (Lipinski definition) is 2. The molecule has 1 aromatic carbocycles. The van der Waals surface area contributed by atoms with E-state index < -0.39 is 24.1 Å². The molecule has 6 heteroatoms. The van der Waals surface area contributed by atoms with Gasteiger partial charge in [-0.15, -0.1) is 11.8 Å². The lowest BCUT2D eigenvalue weighted by molar-refractivity contribution is -0.138. The second kappa shape index (κ2) is 4.78. The van der Waals surface area contributed by atoms with Crippen LogP contribution in [0.3, 0.4) is 0 Å². The van der Waals surface area contributed by atoms with Crippen LogP contribution in [0.2, 0.25) is 0 Å². The Labute approximate surface area is 94.5 Å². The van der Waals surface area contributed by atoms with Crippen molar-refractivity contribution >= 4 is 17.7 Å². The first-order valence-corrected chi connectivity index (χ1v) is 5.53. The molecule has 0 bridgehead atoms. The van der Waals surface area contributed by atoms with Crippen LogP contribution in [0.4, 0.5) is 13.2 Å². The maximum Gasteiger partial charge on any atom is 0.416 e. The molecule has 0 saturated carbocycles. The Hall–Kier alpha value is -1.17. The highest BCUT2D eigenvalue weighted by molar-refractivity contribution is 7.98. The molecule has 0 amide bonds. The fourth-order valence-electron chi connectivity index (χ4n) is 1.26. The van der Waals surface area contributed by atoms with E-state index in [1.54, 1.807) is 6.26 Å². The summed E-state index contributed by atoms with van der Waals surface area (Å²) in [7, 11) is 0. The maximum atomic E-state index is 12.4. The van der Waals surface area contributed by atoms with Crippen LogP contribution in [0.25, 0.3) is 0 Å². The number of carboxylic acids is 1. The monoisotopic (exact) mass is 250 g/mol. The van der Waals surface area contributed by atoms with Gasteiger partial charge in [-0.3, -0.25) is 4.79 Å². The van der Waals surface area contributed by atoms with E-state index in [4.69, 9.17) is 5.11 Å². The minimum Gasteiger partial charge on any atom is -0.481 e. The summed E-state index contributed by atoms with van der Waals surface area (Å²) in [4.78, 5) is 11.1. The topological polar surface area (TPSA) is 37.3 Å². The van der Waals surface area contributed by atoms with Crippen LogP contribution in [0.1, 0.15) is 11.1 Å². The predicted molar refractivity (Wildman–Crippen MR) is 54.6 cm³/mol. The van der Waals surface area contributed by atoms with Crippen LogP contribution in [-0.4, -0.2) is 17.3 Å². The number of carbonyl (C=O) groups is 1. The van der Waals surface area contributed by atoms with E-state index in [0.29, 0.717) is 4.90 Å². The maximum absolute atomic E-state index is 12.4. The normalized spacial score (nSPS) is 11.5. The molecule has 0 fully saturated rings. The van der Waals surface area contributed by atoms with Gasteiger partial charge in [0.25, 0.3) is 0 Å². The summed E-state index contributed by atoms with van der Waals surface area (Å²) in [5.41, 5.74) is -0.628. The Morgan fingerprint density at radius 1 is 1.44 bits per heavy atom. The zero-order valence-corrected chi connectivity index (χ0v) is 9.15. The Kier molecular flexibility index (Phi) is 3.85. The van der Waals surface area contributed by atoms with Crippen molar-refractivity contribution in [1.29, 1.82) is 0 Å². The number of carboxylic acid groups (broad SMARTS) is 1. The summed E-state index contributed by atoms with van der Waals surface area (Å²) >= 11 is 1.23. The fraction of sp³-hybridized carbons (Fsp3) is 0.300. The molecular formula is C10H9F3O2S. The van der Waals surface area contributed by atoms with Gasteiger partial charge in [-0.1, -0.05) is 0 Å². The first kappa shape index (κ1) is 12.9. The second-order valence-electron chi connectivity index (χ2n) is 3.09. The molecule has 0 unspecified atom stereocenters. The van der Waals surface area contributed by atoms with Crippen molar-refractivity contribution < 1.29 is 23.1 Å². The van der Waals surface area contributed by atoms with E-state index in [1.165, 1.54) is 17.8 Å². The van der Waals surface area contributed by atoms with Crippen molar-refractivity contribution in [2.24, 2.45) is 0 Å². The molecular weight excluding hydrogens is 241 g/mol. The average molecular weight is 250 g/mol. The number of thioether (sulfide) groups is 1. The van der Waals surface area contributed by atoms with E-state index in [9.17, 15) is 18.0 Å². The number of halogens is 3. The fourth-order valence-corrected chi connectivity index (χ4v) is 1.85. The number of benzene rings is 1. The molecule has 0 saturated heterocycles. The van der Waals surface area contributed by atoms with Crippen LogP contribution in [0.5, 0.6) is 0 Å². The van der Waals surface area contributed by atoms with Gasteiger partial charge >= 0.3 is 12.1 Å². The van der Waals surface area contributed by atoms with Gasteiger partial charge in [0.2, 0.25) is 0 Å². The van der Waals surface area contributed by atoms with Crippen molar-refractivity contribution in [3.05, 3.63) is 29.3 Å². The van der Waals surface area contributed by atoms with Gasteiger partial charge in [-0.05, 0) is 30.0 Å². The Bertz CT molecular complexity index is 402. The van der Waals surface area contributed by atoms with E-state index in [0.717, 1.165) is 12.1 Å². The minimum absolute atomic E-state index is 0.190. The molecule has 1 N–H and O–H groups in total. The summed E-state index contributed by atoms with van der Waals surface area (Å²) in [5.74, 6) is -1.14. The van der Waals surface area contributed by atoms with Gasteiger partial charge in [-0.2, -0.15) is 13.2 Å². The highest BCUT2D eigenvalue weighted by Gasteiger charge is 2.31. The summed E-state index contributed by atoms with van der Waals surface area (Å²) in [6, 6.07) is 3.14. The molecule has 0 radical (unpaired) electrons. The summed E-state index contributed by atoms with van der Waals surface area (Å²) in [6.07, 6.45) is -3.15. The Morgan fingerprint density at radius 2 is 2.06 bits per heavy atom. The van der Waals surface area contributed by atoms with Gasteiger partial charge < -0.3 is 5.11 Å². The SMILES string of the molecule is CSc1ccc(C(F)(F)F)cc1CC(=O)O. The standard InChI is InChI=1S/C10H9F3O2S/c1-16-8-3-2-7(10(11,12)13)4-6(8)5-9(14)15/h2-4H,5H2,1H3,(H,14,15). The van der Waals surface area contributed by atoms with E-state index >= 15 is 0 Å². The largest absolute Gasteiger partial charge is 0.481 e. The highest BCUT2D eigenvalue weighted by Crippen LogP contribution is 2.32. The number of rotatable bonds is 3. The molecule has 2 nitrogen and oxygen atoms in total. The molecule has 16 heavy (non-hydrogen) atoms. The molecule has 0 aromatic heterocycles. The van der Waals surface area contributed by atoms with Crippen LogP contribution in [0.15, 0.2) is 23.1 Å². The lowest BCUT2D eigenvalue weighted by Gasteiger charge is -2.10. The van der Waals surface area contributed by atoms with Gasteiger partial charge in [-0.25, -0.2) is 0 Å². The average Bonchev–Trinajstić information content (AvgIpc) is 2.15. The Balaban J connectivity index is 3.16. The summed E-state index contributed by atoms with van der Waals surface area (Å²) in [6.45, 7) is 0.